The number of aliphatic hydroxyl groups is 11. The van der Waals surface area contributed by atoms with E-state index in [-0.39, 0.29) is 6.61 Å². The van der Waals surface area contributed by atoms with E-state index in [0.717, 1.165) is 31.5 Å². The molecule has 31 heteroatoms. The van der Waals surface area contributed by atoms with Gasteiger partial charge in [0, 0.05) is 20.8 Å². The van der Waals surface area contributed by atoms with E-state index < -0.39 is 203 Å². The number of amides is 3. The summed E-state index contributed by atoms with van der Waals surface area (Å²) in [4.78, 5) is 63.1. The Kier molecular flexibility index (Phi) is 20.4. The summed E-state index contributed by atoms with van der Waals surface area (Å²) in [6.07, 6.45) is -44.9. The number of carboxylic acid groups (broad SMARTS) is 2. The third-order valence-electron chi connectivity index (χ3n) is 13.7. The minimum absolute atomic E-state index is 0.142. The van der Waals surface area contributed by atoms with Crippen molar-refractivity contribution in [2.45, 2.75) is 181 Å². The molecule has 0 bridgehead atoms. The van der Waals surface area contributed by atoms with Crippen molar-refractivity contribution in [3.63, 3.8) is 0 Å². The second kappa shape index (κ2) is 26.2. The molecule has 25 atom stereocenters. The van der Waals surface area contributed by atoms with E-state index in [1.807, 2.05) is 36.4 Å². The molecule has 0 aliphatic carbocycles. The normalized spacial score (nSPS) is 41.1. The zero-order valence-electron chi connectivity index (χ0n) is 41.7. The third kappa shape index (κ3) is 13.3. The highest BCUT2D eigenvalue weighted by molar-refractivity contribution is 5.83. The third-order valence-corrected chi connectivity index (χ3v) is 13.7. The predicted octanol–water partition coefficient (Wildman–Crippen LogP) is -7.93. The van der Waals surface area contributed by atoms with Crippen LogP contribution < -0.4 is 16.0 Å². The maximum atomic E-state index is 13.0. The zero-order valence-corrected chi connectivity index (χ0v) is 41.7. The number of aliphatic carboxylic acids is 2. The van der Waals surface area contributed by atoms with E-state index in [1.54, 1.807) is 6.07 Å². The van der Waals surface area contributed by atoms with Crippen molar-refractivity contribution in [1.29, 1.82) is 0 Å². The molecule has 3 amide bonds. The molecule has 436 valence electrons. The van der Waals surface area contributed by atoms with Crippen molar-refractivity contribution in [3.05, 3.63) is 48.0 Å². The summed E-state index contributed by atoms with van der Waals surface area (Å²) in [7, 11) is 0. The highest BCUT2D eigenvalue weighted by atomic mass is 16.8. The minimum Gasteiger partial charge on any atom is -0.479 e. The summed E-state index contributed by atoms with van der Waals surface area (Å²) in [6.45, 7) is 0.0642. The van der Waals surface area contributed by atoms with Crippen LogP contribution in [-0.2, 0) is 77.9 Å². The van der Waals surface area contributed by atoms with Gasteiger partial charge in [0.05, 0.1) is 26.4 Å². The largest absolute Gasteiger partial charge is 0.479 e. The molecule has 2 aromatic rings. The van der Waals surface area contributed by atoms with Gasteiger partial charge in [-0.05, 0) is 22.4 Å². The predicted molar refractivity (Wildman–Crippen MR) is 249 cm³/mol. The molecule has 0 unspecified atom stereocenters. The Morgan fingerprint density at radius 2 is 0.846 bits per heavy atom. The minimum atomic E-state index is -2.38. The molecule has 5 aliphatic heterocycles. The Hall–Kier alpha value is -4.79. The van der Waals surface area contributed by atoms with Crippen LogP contribution in [0.15, 0.2) is 42.5 Å². The number of carbonyl (C=O) groups is 5. The molecule has 5 aliphatic rings. The fourth-order valence-electron chi connectivity index (χ4n) is 9.81. The van der Waals surface area contributed by atoms with E-state index in [0.29, 0.717) is 5.56 Å². The number of carbonyl (C=O) groups excluding carboxylic acids is 3. The number of nitrogens with one attached hydrogen (secondary N) is 3. The molecular weight excluding hydrogens is 1050 g/mol. The fourth-order valence-corrected chi connectivity index (χ4v) is 9.81. The standard InChI is InChI=1S/C47H65N3O28/c1-15(54)48-24-30(60)27(57)21(11-51)71-44(24)75-37-31(61)33(63)47(77-39(37)41(65)66)74-36-26(50-17(3)56)45(72-23(13-53)29(36)59)76-38-32(62)34(64)46(78-40(38)42(67)68)73-35-25(49-16(2)55)43(70-22(12-52)28(35)58)69-14-18-8-9-19-6-4-5-7-20(19)10-18/h4-10,21-40,43-47,51-53,57-64H,11-14H2,1-3H3,(H,48,54)(H,49,55)(H,50,56)(H,65,66)(H,67,68)/t21-,22-,23-,24-,25-,26-,27-,28-,29-,30-,31-,32-,33-,34-,35-,36-,37+,38+,39+,40+,43-,44+,45+,46-,47-/m1/s1. The lowest BCUT2D eigenvalue weighted by Crippen LogP contribution is -2.71. The van der Waals surface area contributed by atoms with Crippen molar-refractivity contribution in [2.24, 2.45) is 0 Å². The van der Waals surface area contributed by atoms with Gasteiger partial charge in [-0.25, -0.2) is 9.59 Å². The smallest absolute Gasteiger partial charge is 0.335 e. The molecule has 0 aromatic heterocycles. The molecular formula is C47H65N3O28. The summed E-state index contributed by atoms with van der Waals surface area (Å²) in [5, 5.41) is 150. The van der Waals surface area contributed by atoms with E-state index >= 15 is 0 Å². The van der Waals surface area contributed by atoms with Crippen molar-refractivity contribution in [3.8, 4) is 0 Å². The Labute approximate surface area is 442 Å². The molecule has 2 aromatic carbocycles. The van der Waals surface area contributed by atoms with E-state index in [4.69, 9.17) is 47.4 Å². The van der Waals surface area contributed by atoms with Crippen molar-refractivity contribution >= 4 is 40.4 Å². The van der Waals surface area contributed by atoms with E-state index in [9.17, 15) is 90.4 Å². The number of hydrogen-bond acceptors (Lipinski definition) is 26. The van der Waals surface area contributed by atoms with Crippen LogP contribution in [0.5, 0.6) is 0 Å². The lowest BCUT2D eigenvalue weighted by Gasteiger charge is -2.50. The SMILES string of the molecule is CC(=O)N[C@H]1[C@H](O[C@H]2[C@H](O)[C@@H](O)[C@H](O[C@H]3[C@H](O)[C@@H](CO)O[C@@H](O[C@H]4[C@H](O)[C@@H](O)[C@H](O[C@H]5[C@H](O)[C@@H](CO)O[C@@H](OCc6ccc7ccccc7c6)[C@@H]5NC(C)=O)O[C@@H]4C(=O)O)[C@@H]3NC(C)=O)O[C@@H]2C(=O)O)O[C@H](CO)[C@@H](O)[C@@H]1O. The number of benzene rings is 2. The van der Waals surface area contributed by atoms with Crippen LogP contribution in [0, 0.1) is 0 Å². The van der Waals surface area contributed by atoms with Gasteiger partial charge < -0.3 is 130 Å². The summed E-state index contributed by atoms with van der Waals surface area (Å²) in [6, 6.07) is 7.84. The van der Waals surface area contributed by atoms with Gasteiger partial charge in [-0.15, -0.1) is 0 Å². The topological polar surface area (TPSA) is 477 Å². The number of fused-ring (bicyclic) bond motifs is 1. The second-order valence-corrected chi connectivity index (χ2v) is 19.2. The van der Waals surface area contributed by atoms with Gasteiger partial charge in [0.1, 0.15) is 110 Å². The van der Waals surface area contributed by atoms with Gasteiger partial charge in [-0.2, -0.15) is 0 Å². The molecule has 5 heterocycles. The number of carboxylic acids is 2. The summed E-state index contributed by atoms with van der Waals surface area (Å²) in [5.41, 5.74) is 0.646. The Bertz CT molecular complexity index is 2390. The van der Waals surface area contributed by atoms with Crippen LogP contribution in [0.1, 0.15) is 26.3 Å². The van der Waals surface area contributed by atoms with Crippen LogP contribution >= 0.6 is 0 Å². The zero-order chi connectivity index (χ0) is 57.0. The summed E-state index contributed by atoms with van der Waals surface area (Å²) in [5.74, 6) is -6.22. The molecule has 5 saturated heterocycles. The second-order valence-electron chi connectivity index (χ2n) is 19.2. The number of hydrogen-bond donors (Lipinski definition) is 16. The monoisotopic (exact) mass is 1120 g/mol. The maximum absolute atomic E-state index is 13.0. The van der Waals surface area contributed by atoms with Gasteiger partial charge >= 0.3 is 11.9 Å². The van der Waals surface area contributed by atoms with Gasteiger partial charge in [0.2, 0.25) is 17.7 Å². The van der Waals surface area contributed by atoms with Gasteiger partial charge in [-0.3, -0.25) is 14.4 Å². The van der Waals surface area contributed by atoms with Crippen molar-refractivity contribution in [2.75, 3.05) is 19.8 Å². The fraction of sp³-hybridized carbons (Fsp3) is 0.681. The first kappa shape index (κ1) is 60.8. The number of rotatable bonds is 19. The molecule has 0 radical (unpaired) electrons. The summed E-state index contributed by atoms with van der Waals surface area (Å²) >= 11 is 0. The highest BCUT2D eigenvalue weighted by Gasteiger charge is 2.59. The quantitative estimate of drug-likeness (QED) is 0.0621. The van der Waals surface area contributed by atoms with E-state index in [2.05, 4.69) is 16.0 Å². The van der Waals surface area contributed by atoms with Crippen LogP contribution in [-0.4, -0.2) is 269 Å². The van der Waals surface area contributed by atoms with Crippen molar-refractivity contribution in [1.82, 2.24) is 16.0 Å². The first-order valence-electron chi connectivity index (χ1n) is 24.5. The Balaban J connectivity index is 1.10. The number of aliphatic hydroxyl groups excluding tert-OH is 11. The van der Waals surface area contributed by atoms with Gasteiger partial charge in [-0.1, -0.05) is 36.4 Å². The molecule has 0 spiro atoms. The van der Waals surface area contributed by atoms with Crippen LogP contribution in [0.2, 0.25) is 0 Å². The summed E-state index contributed by atoms with van der Waals surface area (Å²) < 4.78 is 57.7. The lowest BCUT2D eigenvalue weighted by molar-refractivity contribution is -0.374. The molecule has 78 heavy (non-hydrogen) atoms. The first-order valence-corrected chi connectivity index (χ1v) is 24.5. The Morgan fingerprint density at radius 3 is 1.29 bits per heavy atom. The van der Waals surface area contributed by atoms with Crippen LogP contribution in [0.4, 0.5) is 0 Å². The highest BCUT2D eigenvalue weighted by Crippen LogP contribution is 2.37. The average molecular weight is 1120 g/mol. The van der Waals surface area contributed by atoms with Crippen LogP contribution in [0.25, 0.3) is 10.8 Å². The van der Waals surface area contributed by atoms with Crippen LogP contribution in [0.3, 0.4) is 0 Å². The maximum Gasteiger partial charge on any atom is 0.335 e. The molecule has 7 rings (SSSR count). The Morgan fingerprint density at radius 1 is 0.449 bits per heavy atom. The molecule has 5 fully saturated rings. The number of ether oxygens (including phenoxy) is 10. The van der Waals surface area contributed by atoms with E-state index in [1.165, 1.54) is 0 Å². The van der Waals surface area contributed by atoms with Crippen molar-refractivity contribution < 1.29 is 138 Å². The molecule has 0 saturated carbocycles. The molecule has 31 nitrogen and oxygen atoms in total. The van der Waals surface area contributed by atoms with Gasteiger partial charge in [0.15, 0.2) is 43.7 Å². The molecule has 16 N–H and O–H groups in total. The lowest BCUT2D eigenvalue weighted by atomic mass is 9.93. The van der Waals surface area contributed by atoms with Gasteiger partial charge in [0.25, 0.3) is 0 Å². The average Bonchev–Trinajstić information content (AvgIpc) is 3.53. The first-order chi connectivity index (χ1) is 37.0.